The monoisotopic (exact) mass is 576 g/mol. The lowest BCUT2D eigenvalue weighted by molar-refractivity contribution is -0.137. The Balaban J connectivity index is 1.38. The van der Waals surface area contributed by atoms with E-state index in [1.165, 1.54) is 54.5 Å². The molecule has 2 aliphatic heterocycles. The number of anilines is 1. The van der Waals surface area contributed by atoms with Gasteiger partial charge < -0.3 is 19.9 Å². The number of carbonyl (C=O) groups is 3. The molecule has 0 bridgehead atoms. The van der Waals surface area contributed by atoms with Gasteiger partial charge >= 0.3 is 6.09 Å². The molecule has 1 aromatic rings. The molecule has 3 aliphatic rings. The number of hydrogen-bond donors (Lipinski definition) is 1. The largest absolute Gasteiger partial charge is 0.444 e. The van der Waals surface area contributed by atoms with E-state index in [9.17, 15) is 14.4 Å². The van der Waals surface area contributed by atoms with Crippen molar-refractivity contribution in [2.75, 3.05) is 54.2 Å². The Bertz CT molecular complexity index is 960. The van der Waals surface area contributed by atoms with Gasteiger partial charge in [0.05, 0.1) is 5.88 Å². The van der Waals surface area contributed by atoms with Crippen molar-refractivity contribution in [1.82, 2.24) is 15.1 Å². The molecule has 2 heterocycles. The average Bonchev–Trinajstić information content (AvgIpc) is 3.43. The van der Waals surface area contributed by atoms with Gasteiger partial charge in [0.1, 0.15) is 17.7 Å². The van der Waals surface area contributed by atoms with Crippen molar-refractivity contribution in [3.8, 4) is 0 Å². The molecule has 3 fully saturated rings. The Morgan fingerprint density at radius 2 is 1.74 bits per heavy atom. The third kappa shape index (κ3) is 8.71. The molecule has 0 spiro atoms. The zero-order chi connectivity index (χ0) is 27.8. The van der Waals surface area contributed by atoms with Crippen LogP contribution in [0.15, 0.2) is 30.3 Å². The third-order valence-electron chi connectivity index (χ3n) is 7.50. The van der Waals surface area contributed by atoms with Crippen LogP contribution in [-0.4, -0.2) is 94.7 Å². The summed E-state index contributed by atoms with van der Waals surface area (Å²) in [6.45, 7) is 8.22. The van der Waals surface area contributed by atoms with Crippen LogP contribution < -0.4 is 10.2 Å². The number of nitrogens with zero attached hydrogens (tertiary/aromatic N) is 3. The van der Waals surface area contributed by atoms with Gasteiger partial charge in [-0.25, -0.2) is 4.79 Å². The zero-order valence-corrected chi connectivity index (χ0v) is 25.2. The fourth-order valence-electron chi connectivity index (χ4n) is 5.35. The first-order valence-corrected chi connectivity index (χ1v) is 16.6. The Morgan fingerprint density at radius 1 is 1.05 bits per heavy atom. The molecular weight excluding hydrogens is 532 g/mol. The molecule has 3 amide bonds. The number of carbonyl (C=O) groups excluding carboxylic acids is 3. The number of rotatable bonds is 8. The predicted octanol–water partition coefficient (Wildman–Crippen LogP) is 4.44. The van der Waals surface area contributed by atoms with Crippen molar-refractivity contribution >= 4 is 47.1 Å². The number of benzene rings is 1. The van der Waals surface area contributed by atoms with E-state index in [0.717, 1.165) is 18.8 Å². The maximum Gasteiger partial charge on any atom is 0.411 e. The van der Waals surface area contributed by atoms with Crippen LogP contribution in [0.2, 0.25) is 0 Å². The van der Waals surface area contributed by atoms with E-state index in [0.29, 0.717) is 36.4 Å². The Labute approximate surface area is 241 Å². The summed E-state index contributed by atoms with van der Waals surface area (Å²) < 4.78 is 5.54. The van der Waals surface area contributed by atoms with E-state index < -0.39 is 23.8 Å². The highest BCUT2D eigenvalue weighted by atomic mass is 32.2. The molecule has 4 rings (SSSR count). The van der Waals surface area contributed by atoms with Crippen molar-refractivity contribution in [2.24, 2.45) is 5.92 Å². The molecule has 2 saturated heterocycles. The molecule has 8 nitrogen and oxygen atoms in total. The lowest BCUT2D eigenvalue weighted by atomic mass is 9.91. The van der Waals surface area contributed by atoms with Gasteiger partial charge in [0.15, 0.2) is 0 Å². The van der Waals surface area contributed by atoms with Gasteiger partial charge in [0.2, 0.25) is 11.8 Å². The van der Waals surface area contributed by atoms with Crippen LogP contribution >= 0.6 is 23.5 Å². The number of ether oxygens (including phenoxy) is 1. The van der Waals surface area contributed by atoms with Gasteiger partial charge in [-0.2, -0.15) is 11.8 Å². The number of amides is 3. The number of para-hydroxylation sites is 1. The number of nitrogens with one attached hydrogen (secondary N) is 1. The summed E-state index contributed by atoms with van der Waals surface area (Å²) in [4.78, 5) is 45.6. The zero-order valence-electron chi connectivity index (χ0n) is 23.6. The van der Waals surface area contributed by atoms with Crippen LogP contribution in [0.25, 0.3) is 0 Å². The summed E-state index contributed by atoms with van der Waals surface area (Å²) in [6, 6.07) is 9.01. The first-order valence-electron chi connectivity index (χ1n) is 14.3. The second-order valence-electron chi connectivity index (χ2n) is 11.7. The van der Waals surface area contributed by atoms with Gasteiger partial charge in [0, 0.05) is 43.4 Å². The van der Waals surface area contributed by atoms with Gasteiger partial charge in [-0.15, -0.1) is 11.8 Å². The summed E-state index contributed by atoms with van der Waals surface area (Å²) in [5.74, 6) is 2.86. The second kappa shape index (κ2) is 14.0. The first kappa shape index (κ1) is 29.9. The fourth-order valence-corrected chi connectivity index (χ4v) is 7.76. The van der Waals surface area contributed by atoms with E-state index in [-0.39, 0.29) is 11.8 Å². The van der Waals surface area contributed by atoms with Crippen LogP contribution in [0, 0.1) is 5.92 Å². The SMILES string of the molecule is CC(C)(C)OC(=O)N1CSC[C@H]1C(=O)N[C@@H](CSCC1CCCCC1)C(=O)N1CCN(c2ccccc2)CC1. The highest BCUT2D eigenvalue weighted by Gasteiger charge is 2.39. The van der Waals surface area contributed by atoms with Crippen molar-refractivity contribution < 1.29 is 19.1 Å². The second-order valence-corrected chi connectivity index (χ2v) is 13.8. The van der Waals surface area contributed by atoms with Crippen LogP contribution in [0.1, 0.15) is 52.9 Å². The van der Waals surface area contributed by atoms with Gasteiger partial charge in [-0.1, -0.05) is 37.5 Å². The molecule has 0 radical (unpaired) electrons. The smallest absolute Gasteiger partial charge is 0.411 e. The van der Waals surface area contributed by atoms with E-state index in [1.54, 1.807) is 11.8 Å². The molecule has 2 atom stereocenters. The van der Waals surface area contributed by atoms with Gasteiger partial charge in [-0.05, 0) is 57.4 Å². The molecule has 0 aromatic heterocycles. The highest BCUT2D eigenvalue weighted by Crippen LogP contribution is 2.28. The highest BCUT2D eigenvalue weighted by molar-refractivity contribution is 7.99. The van der Waals surface area contributed by atoms with Crippen molar-refractivity contribution in [3.63, 3.8) is 0 Å². The molecule has 216 valence electrons. The maximum absolute atomic E-state index is 13.7. The quantitative estimate of drug-likeness (QED) is 0.490. The number of hydrogen-bond acceptors (Lipinski definition) is 7. The Hall–Kier alpha value is -2.07. The van der Waals surface area contributed by atoms with Crippen LogP contribution in [0.4, 0.5) is 10.5 Å². The minimum atomic E-state index is -0.640. The summed E-state index contributed by atoms with van der Waals surface area (Å²) in [5.41, 5.74) is 0.528. The Morgan fingerprint density at radius 3 is 2.41 bits per heavy atom. The van der Waals surface area contributed by atoms with Gasteiger partial charge in [-0.3, -0.25) is 14.5 Å². The number of piperazine rings is 1. The van der Waals surface area contributed by atoms with Crippen molar-refractivity contribution in [2.45, 2.75) is 70.6 Å². The molecular formula is C29H44N4O4S2. The molecule has 1 N–H and O–H groups in total. The van der Waals surface area contributed by atoms with Crippen LogP contribution in [-0.2, 0) is 14.3 Å². The minimum absolute atomic E-state index is 0.0262. The molecule has 0 unspecified atom stereocenters. The van der Waals surface area contributed by atoms with E-state index >= 15 is 0 Å². The standard InChI is InChI=1S/C29H44N4O4S2/c1-29(2,3)37-28(36)33-21-39-20-25(33)26(34)30-24(19-38-18-22-10-6-4-7-11-22)27(35)32-16-14-31(15-17-32)23-12-8-5-9-13-23/h5,8-9,12-13,22,24-25H,4,6-7,10-11,14-21H2,1-3H3,(H,30,34)/t24-,25-/m0/s1. The lowest BCUT2D eigenvalue weighted by Gasteiger charge is -2.38. The maximum atomic E-state index is 13.7. The molecule has 1 aliphatic carbocycles. The normalized spacial score (nSPS) is 21.5. The molecule has 39 heavy (non-hydrogen) atoms. The Kier molecular flexibility index (Phi) is 10.7. The summed E-state index contributed by atoms with van der Waals surface area (Å²) >= 11 is 3.30. The summed E-state index contributed by atoms with van der Waals surface area (Å²) in [5, 5.41) is 3.06. The summed E-state index contributed by atoms with van der Waals surface area (Å²) in [7, 11) is 0. The topological polar surface area (TPSA) is 82.2 Å². The number of thioether (sulfide) groups is 2. The van der Waals surface area contributed by atoms with Crippen LogP contribution in [0.3, 0.4) is 0 Å². The van der Waals surface area contributed by atoms with E-state index in [2.05, 4.69) is 22.3 Å². The van der Waals surface area contributed by atoms with Crippen molar-refractivity contribution in [1.29, 1.82) is 0 Å². The third-order valence-corrected chi connectivity index (χ3v) is 9.79. The fraction of sp³-hybridized carbons (Fsp3) is 0.690. The lowest BCUT2D eigenvalue weighted by Crippen LogP contribution is -2.58. The molecule has 1 aromatic carbocycles. The van der Waals surface area contributed by atoms with Gasteiger partial charge in [0.25, 0.3) is 0 Å². The molecule has 10 heteroatoms. The first-order chi connectivity index (χ1) is 18.7. The predicted molar refractivity (Wildman–Crippen MR) is 160 cm³/mol. The van der Waals surface area contributed by atoms with Crippen LogP contribution in [0.5, 0.6) is 0 Å². The minimum Gasteiger partial charge on any atom is -0.444 e. The average molecular weight is 577 g/mol. The van der Waals surface area contributed by atoms with Crippen molar-refractivity contribution in [3.05, 3.63) is 30.3 Å². The van der Waals surface area contributed by atoms with E-state index in [1.807, 2.05) is 43.9 Å². The molecule has 1 saturated carbocycles. The summed E-state index contributed by atoms with van der Waals surface area (Å²) in [6.07, 6.45) is 5.92. The van der Waals surface area contributed by atoms with E-state index in [4.69, 9.17) is 4.74 Å².